The summed E-state index contributed by atoms with van der Waals surface area (Å²) >= 11 is 0. The van der Waals surface area contributed by atoms with Gasteiger partial charge in [-0.2, -0.15) is 21.0 Å². The van der Waals surface area contributed by atoms with Crippen molar-refractivity contribution in [3.63, 3.8) is 0 Å². The average Bonchev–Trinajstić information content (AvgIpc) is 2.48. The molecule has 0 bridgehead atoms. The quantitative estimate of drug-likeness (QED) is 0.564. The third-order valence-corrected chi connectivity index (χ3v) is 10.3. The van der Waals surface area contributed by atoms with E-state index < -0.39 is 30.5 Å². The molecule has 5 nitrogen and oxygen atoms in total. The molecule has 0 N–H and O–H groups in total. The number of nitriles is 4. The maximum atomic E-state index is 9.58. The second-order valence-corrected chi connectivity index (χ2v) is 13.2. The monoisotopic (exact) mass is 340 g/mol. The minimum Gasteiger partial charge on any atom is -0.549 e. The standard InChI is InChI=1S/C18H24N4OSi/c1-15(2,3)24(6,7)23-9-8-14-16(4,5)18(12-21,13-22)17(14,10-19)11-20/h8-9,14H,1-7H3/b9-8+/t14-/m1/s1. The molecule has 1 fully saturated rings. The van der Waals surface area contributed by atoms with Gasteiger partial charge in [0, 0.05) is 11.3 Å². The predicted octanol–water partition coefficient (Wildman–Crippen LogP) is 4.25. The Labute approximate surface area is 145 Å². The highest BCUT2D eigenvalue weighted by Crippen LogP contribution is 2.71. The Hall–Kier alpha value is -2.28. The van der Waals surface area contributed by atoms with Crippen molar-refractivity contribution in [2.45, 2.75) is 52.8 Å². The van der Waals surface area contributed by atoms with Crippen molar-refractivity contribution in [3.8, 4) is 24.3 Å². The molecule has 1 aliphatic carbocycles. The van der Waals surface area contributed by atoms with Gasteiger partial charge in [0.2, 0.25) is 8.32 Å². The number of allylic oxidation sites excluding steroid dienone is 1. The van der Waals surface area contributed by atoms with Gasteiger partial charge in [-0.25, -0.2) is 0 Å². The lowest BCUT2D eigenvalue weighted by atomic mass is 9.33. The molecule has 1 saturated carbocycles. The molecule has 1 atom stereocenters. The Morgan fingerprint density at radius 3 is 1.75 bits per heavy atom. The van der Waals surface area contributed by atoms with E-state index >= 15 is 0 Å². The number of hydrogen-bond donors (Lipinski definition) is 0. The summed E-state index contributed by atoms with van der Waals surface area (Å²) < 4.78 is 5.99. The van der Waals surface area contributed by atoms with E-state index in [2.05, 4.69) is 33.9 Å². The van der Waals surface area contributed by atoms with Gasteiger partial charge in [0.1, 0.15) is 0 Å². The Balaban J connectivity index is 3.26. The average molecular weight is 341 g/mol. The fourth-order valence-electron chi connectivity index (χ4n) is 3.11. The smallest absolute Gasteiger partial charge is 0.249 e. The van der Waals surface area contributed by atoms with Crippen molar-refractivity contribution in [1.29, 1.82) is 21.0 Å². The van der Waals surface area contributed by atoms with Crippen LogP contribution in [0.1, 0.15) is 34.6 Å². The van der Waals surface area contributed by atoms with E-state index in [1.54, 1.807) is 26.2 Å². The maximum absolute atomic E-state index is 9.58. The second kappa shape index (κ2) is 5.66. The second-order valence-electron chi connectivity index (χ2n) is 8.41. The van der Waals surface area contributed by atoms with Crippen LogP contribution >= 0.6 is 0 Å². The Morgan fingerprint density at radius 2 is 1.42 bits per heavy atom. The lowest BCUT2D eigenvalue weighted by molar-refractivity contribution is -0.103. The van der Waals surface area contributed by atoms with Crippen molar-refractivity contribution in [2.24, 2.45) is 22.2 Å². The molecular formula is C18H24N4OSi. The van der Waals surface area contributed by atoms with Crippen molar-refractivity contribution in [2.75, 3.05) is 0 Å². The molecule has 0 spiro atoms. The molecule has 0 aromatic carbocycles. The first kappa shape index (κ1) is 19.8. The number of hydrogen-bond acceptors (Lipinski definition) is 5. The summed E-state index contributed by atoms with van der Waals surface area (Å²) in [5.74, 6) is -0.552. The first-order valence-electron chi connectivity index (χ1n) is 7.83. The molecular weight excluding hydrogens is 316 g/mol. The van der Waals surface area contributed by atoms with Crippen LogP contribution in [0.25, 0.3) is 0 Å². The summed E-state index contributed by atoms with van der Waals surface area (Å²) in [7, 11) is -2.01. The molecule has 0 aliphatic heterocycles. The fraction of sp³-hybridized carbons (Fsp3) is 0.667. The van der Waals surface area contributed by atoms with Gasteiger partial charge >= 0.3 is 0 Å². The summed E-state index contributed by atoms with van der Waals surface area (Å²) in [5.41, 5.74) is -4.17. The van der Waals surface area contributed by atoms with Gasteiger partial charge < -0.3 is 4.43 Å². The van der Waals surface area contributed by atoms with Crippen molar-refractivity contribution in [1.82, 2.24) is 0 Å². The minimum atomic E-state index is -2.01. The third kappa shape index (κ3) is 2.23. The van der Waals surface area contributed by atoms with Gasteiger partial charge in [0.05, 0.1) is 30.5 Å². The van der Waals surface area contributed by atoms with Gasteiger partial charge in [-0.1, -0.05) is 34.6 Å². The van der Waals surface area contributed by atoms with Crippen LogP contribution < -0.4 is 0 Å². The molecule has 0 saturated heterocycles. The van der Waals surface area contributed by atoms with Gasteiger partial charge in [-0.3, -0.25) is 0 Å². The van der Waals surface area contributed by atoms with Crippen LogP contribution in [0.2, 0.25) is 18.1 Å². The van der Waals surface area contributed by atoms with Gasteiger partial charge in [0.25, 0.3) is 0 Å². The van der Waals surface area contributed by atoms with E-state index in [1.807, 2.05) is 24.3 Å². The topological polar surface area (TPSA) is 104 Å². The van der Waals surface area contributed by atoms with Crippen molar-refractivity contribution in [3.05, 3.63) is 12.3 Å². The summed E-state index contributed by atoms with van der Waals surface area (Å²) in [6, 6.07) is 7.75. The molecule has 6 heteroatoms. The van der Waals surface area contributed by atoms with E-state index in [0.717, 1.165) is 0 Å². The Kier molecular flexibility index (Phi) is 4.66. The van der Waals surface area contributed by atoms with Crippen LogP contribution in [-0.4, -0.2) is 8.32 Å². The lowest BCUT2D eigenvalue weighted by Gasteiger charge is -2.60. The van der Waals surface area contributed by atoms with Crippen LogP contribution in [0.4, 0.5) is 0 Å². The van der Waals surface area contributed by atoms with Crippen LogP contribution in [0, 0.1) is 67.5 Å². The van der Waals surface area contributed by atoms with Crippen LogP contribution in [0.5, 0.6) is 0 Å². The van der Waals surface area contributed by atoms with Gasteiger partial charge in [-0.15, -0.1) is 0 Å². The van der Waals surface area contributed by atoms with Gasteiger partial charge in [-0.05, 0) is 24.2 Å². The van der Waals surface area contributed by atoms with E-state index in [-0.39, 0.29) is 5.04 Å². The largest absolute Gasteiger partial charge is 0.549 e. The van der Waals surface area contributed by atoms with E-state index in [0.29, 0.717) is 0 Å². The molecule has 1 rings (SSSR count). The lowest BCUT2D eigenvalue weighted by Crippen LogP contribution is -2.67. The summed E-state index contributed by atoms with van der Waals surface area (Å²) in [5, 5.41) is 38.2. The molecule has 0 amide bonds. The normalized spacial score (nSPS) is 23.9. The SMILES string of the molecule is CC1(C)[C@@H](/C=C/O[Si](C)(C)C(C)(C)C)C(C#N)(C#N)C1(C#N)C#N. The number of nitrogens with zero attached hydrogens (tertiary/aromatic N) is 4. The highest BCUT2D eigenvalue weighted by molar-refractivity contribution is 6.74. The van der Waals surface area contributed by atoms with Crippen LogP contribution in [0.3, 0.4) is 0 Å². The van der Waals surface area contributed by atoms with E-state index in [4.69, 9.17) is 4.43 Å². The molecule has 0 heterocycles. The molecule has 0 aromatic rings. The molecule has 126 valence electrons. The van der Waals surface area contributed by atoms with Gasteiger partial charge in [0.15, 0.2) is 10.8 Å². The predicted molar refractivity (Wildman–Crippen MR) is 92.0 cm³/mol. The summed E-state index contributed by atoms with van der Waals surface area (Å²) in [6.07, 6.45) is 3.24. The zero-order chi connectivity index (χ0) is 19.0. The van der Waals surface area contributed by atoms with Crippen molar-refractivity contribution >= 4 is 8.32 Å². The molecule has 24 heavy (non-hydrogen) atoms. The fourth-order valence-corrected chi connectivity index (χ4v) is 3.88. The zero-order valence-electron chi connectivity index (χ0n) is 15.4. The molecule has 0 aromatic heterocycles. The highest BCUT2D eigenvalue weighted by atomic mass is 28.4. The maximum Gasteiger partial charge on any atom is 0.249 e. The minimum absolute atomic E-state index is 0.0249. The summed E-state index contributed by atoms with van der Waals surface area (Å²) in [6.45, 7) is 14.0. The summed E-state index contributed by atoms with van der Waals surface area (Å²) in [4.78, 5) is 0. The molecule has 0 unspecified atom stereocenters. The zero-order valence-corrected chi connectivity index (χ0v) is 16.4. The van der Waals surface area contributed by atoms with Crippen LogP contribution in [-0.2, 0) is 4.43 Å². The van der Waals surface area contributed by atoms with Crippen LogP contribution in [0.15, 0.2) is 12.3 Å². The third-order valence-electron chi connectivity index (χ3n) is 5.93. The highest BCUT2D eigenvalue weighted by Gasteiger charge is 2.79. The first-order chi connectivity index (χ1) is 10.8. The van der Waals surface area contributed by atoms with E-state index in [1.165, 1.54) is 0 Å². The number of rotatable bonds is 3. The Bertz CT molecular complexity index is 689. The molecule has 1 aliphatic rings. The van der Waals surface area contributed by atoms with E-state index in [9.17, 15) is 21.0 Å². The first-order valence-corrected chi connectivity index (χ1v) is 10.7. The Morgan fingerprint density at radius 1 is 0.958 bits per heavy atom. The van der Waals surface area contributed by atoms with Crippen molar-refractivity contribution < 1.29 is 4.43 Å². The molecule has 0 radical (unpaired) electrons.